The summed E-state index contributed by atoms with van der Waals surface area (Å²) >= 11 is 1.42. The number of rotatable bonds is 4. The molecule has 0 aliphatic heterocycles. The topological polar surface area (TPSA) is 37.3 Å². The van der Waals surface area contributed by atoms with E-state index < -0.39 is 5.97 Å². The van der Waals surface area contributed by atoms with Crippen LogP contribution in [0.5, 0.6) is 0 Å². The van der Waals surface area contributed by atoms with Crippen LogP contribution in [-0.2, 0) is 10.5 Å². The van der Waals surface area contributed by atoms with Gasteiger partial charge in [0.25, 0.3) is 0 Å². The molecule has 0 aromatic heterocycles. The second kappa shape index (κ2) is 5.03. The Hall–Kier alpha value is -1.48. The van der Waals surface area contributed by atoms with Gasteiger partial charge >= 0.3 is 5.97 Å². The summed E-state index contributed by atoms with van der Waals surface area (Å²) in [5, 5.41) is 11.0. The smallest absolute Gasteiger partial charge is 0.313 e. The van der Waals surface area contributed by atoms with Crippen molar-refractivity contribution in [2.45, 2.75) is 5.75 Å². The molecular weight excluding hydrogens is 220 g/mol. The fourth-order valence-corrected chi connectivity index (χ4v) is 2.28. The zero-order valence-corrected chi connectivity index (χ0v) is 9.54. The lowest BCUT2D eigenvalue weighted by molar-refractivity contribution is -0.133. The van der Waals surface area contributed by atoms with Gasteiger partial charge in [-0.25, -0.2) is 0 Å². The summed E-state index contributed by atoms with van der Waals surface area (Å²) in [5.41, 5.74) is 1.17. The third-order valence-corrected chi connectivity index (χ3v) is 3.30. The van der Waals surface area contributed by atoms with Gasteiger partial charge in [-0.15, -0.1) is 11.8 Å². The molecule has 0 aliphatic rings. The molecule has 0 fully saturated rings. The van der Waals surface area contributed by atoms with Crippen LogP contribution in [0.4, 0.5) is 0 Å². The third kappa shape index (κ3) is 2.76. The summed E-state index contributed by atoms with van der Waals surface area (Å²) in [6.07, 6.45) is 0. The Morgan fingerprint density at radius 1 is 1.12 bits per heavy atom. The van der Waals surface area contributed by atoms with Gasteiger partial charge in [0.15, 0.2) is 0 Å². The predicted octanol–water partition coefficient (Wildman–Crippen LogP) is 3.16. The molecule has 82 valence electrons. The van der Waals surface area contributed by atoms with E-state index in [9.17, 15) is 4.79 Å². The van der Waals surface area contributed by atoms with Crippen molar-refractivity contribution in [2.24, 2.45) is 0 Å². The average molecular weight is 232 g/mol. The van der Waals surface area contributed by atoms with Gasteiger partial charge in [0.1, 0.15) is 0 Å². The molecular formula is C13H12O2S. The number of fused-ring (bicyclic) bond motifs is 1. The molecule has 0 atom stereocenters. The van der Waals surface area contributed by atoms with Crippen molar-refractivity contribution in [3.8, 4) is 0 Å². The number of carboxylic acid groups (broad SMARTS) is 1. The van der Waals surface area contributed by atoms with E-state index >= 15 is 0 Å². The normalized spacial score (nSPS) is 10.5. The first-order valence-corrected chi connectivity index (χ1v) is 6.18. The largest absolute Gasteiger partial charge is 0.481 e. The third-order valence-electron chi connectivity index (χ3n) is 2.31. The van der Waals surface area contributed by atoms with Crippen molar-refractivity contribution in [3.63, 3.8) is 0 Å². The van der Waals surface area contributed by atoms with Crippen LogP contribution >= 0.6 is 11.8 Å². The first-order chi connectivity index (χ1) is 7.75. The molecule has 0 spiro atoms. The summed E-state index contributed by atoms with van der Waals surface area (Å²) in [7, 11) is 0. The monoisotopic (exact) mass is 232 g/mol. The van der Waals surface area contributed by atoms with Crippen LogP contribution in [0.2, 0.25) is 0 Å². The molecule has 0 saturated heterocycles. The lowest BCUT2D eigenvalue weighted by Crippen LogP contribution is -1.98. The van der Waals surface area contributed by atoms with Crippen LogP contribution in [0, 0.1) is 0 Å². The first-order valence-electron chi connectivity index (χ1n) is 5.03. The maximum atomic E-state index is 10.4. The van der Waals surface area contributed by atoms with Crippen molar-refractivity contribution >= 4 is 28.5 Å². The number of hydrogen-bond donors (Lipinski definition) is 1. The van der Waals surface area contributed by atoms with Gasteiger partial charge in [0, 0.05) is 5.75 Å². The van der Waals surface area contributed by atoms with Crippen molar-refractivity contribution in [1.29, 1.82) is 0 Å². The van der Waals surface area contributed by atoms with Gasteiger partial charge < -0.3 is 5.11 Å². The fourth-order valence-electron chi connectivity index (χ4n) is 1.58. The van der Waals surface area contributed by atoms with Gasteiger partial charge in [-0.05, 0) is 16.3 Å². The predicted molar refractivity (Wildman–Crippen MR) is 67.7 cm³/mol. The minimum absolute atomic E-state index is 0.160. The molecule has 0 unspecified atom stereocenters. The molecule has 0 bridgehead atoms. The number of hydrogen-bond acceptors (Lipinski definition) is 2. The van der Waals surface area contributed by atoms with Crippen LogP contribution in [0.3, 0.4) is 0 Å². The minimum Gasteiger partial charge on any atom is -0.481 e. The van der Waals surface area contributed by atoms with E-state index in [4.69, 9.17) is 5.11 Å². The van der Waals surface area contributed by atoms with E-state index in [0.717, 1.165) is 5.75 Å². The highest BCUT2D eigenvalue weighted by Gasteiger charge is 1.99. The van der Waals surface area contributed by atoms with Gasteiger partial charge in [-0.1, -0.05) is 42.5 Å². The van der Waals surface area contributed by atoms with Crippen molar-refractivity contribution in [2.75, 3.05) is 5.75 Å². The van der Waals surface area contributed by atoms with Crippen LogP contribution in [0.15, 0.2) is 42.5 Å². The standard InChI is InChI=1S/C13H12O2S/c14-13(15)9-16-8-10-5-6-11-3-1-2-4-12(11)7-10/h1-7H,8-9H2,(H,14,15). The van der Waals surface area contributed by atoms with E-state index in [1.807, 2.05) is 12.1 Å². The maximum Gasteiger partial charge on any atom is 0.313 e. The lowest BCUT2D eigenvalue weighted by Gasteiger charge is -2.02. The molecule has 0 heterocycles. The van der Waals surface area contributed by atoms with Crippen molar-refractivity contribution in [1.82, 2.24) is 0 Å². The van der Waals surface area contributed by atoms with Crippen molar-refractivity contribution < 1.29 is 9.90 Å². The molecule has 1 N–H and O–H groups in total. The fraction of sp³-hybridized carbons (Fsp3) is 0.154. The molecule has 16 heavy (non-hydrogen) atoms. The van der Waals surface area contributed by atoms with Crippen LogP contribution in [0.1, 0.15) is 5.56 Å². The maximum absolute atomic E-state index is 10.4. The number of carbonyl (C=O) groups is 1. The van der Waals surface area contributed by atoms with Crippen LogP contribution in [-0.4, -0.2) is 16.8 Å². The minimum atomic E-state index is -0.759. The van der Waals surface area contributed by atoms with E-state index in [1.165, 1.54) is 28.1 Å². The Labute approximate surface area is 98.3 Å². The molecule has 2 rings (SSSR count). The van der Waals surface area contributed by atoms with E-state index in [-0.39, 0.29) is 5.75 Å². The van der Waals surface area contributed by atoms with Gasteiger partial charge in [-0.3, -0.25) is 4.79 Å². The lowest BCUT2D eigenvalue weighted by atomic mass is 10.1. The molecule has 2 aromatic rings. The Morgan fingerprint density at radius 2 is 1.88 bits per heavy atom. The van der Waals surface area contributed by atoms with Gasteiger partial charge in [0.2, 0.25) is 0 Å². The number of carboxylic acids is 1. The summed E-state index contributed by atoms with van der Waals surface area (Å²) in [6.45, 7) is 0. The average Bonchev–Trinajstić information content (AvgIpc) is 2.28. The molecule has 0 amide bonds. The highest BCUT2D eigenvalue weighted by Crippen LogP contribution is 2.19. The Balaban J connectivity index is 2.10. The number of benzene rings is 2. The number of thioether (sulfide) groups is 1. The zero-order valence-electron chi connectivity index (χ0n) is 8.72. The molecule has 2 nitrogen and oxygen atoms in total. The highest BCUT2D eigenvalue weighted by molar-refractivity contribution is 7.99. The summed E-state index contributed by atoms with van der Waals surface area (Å²) < 4.78 is 0. The summed E-state index contributed by atoms with van der Waals surface area (Å²) in [5.74, 6) is 0.148. The van der Waals surface area contributed by atoms with Gasteiger partial charge in [0.05, 0.1) is 5.75 Å². The van der Waals surface area contributed by atoms with E-state index in [0.29, 0.717) is 0 Å². The highest BCUT2D eigenvalue weighted by atomic mass is 32.2. The second-order valence-corrected chi connectivity index (χ2v) is 4.55. The zero-order chi connectivity index (χ0) is 11.4. The summed E-state index contributed by atoms with van der Waals surface area (Å²) in [4.78, 5) is 10.4. The summed E-state index contributed by atoms with van der Waals surface area (Å²) in [6, 6.07) is 14.4. The molecule has 0 aliphatic carbocycles. The molecule has 3 heteroatoms. The molecule has 0 radical (unpaired) electrons. The van der Waals surface area contributed by atoms with E-state index in [2.05, 4.69) is 30.3 Å². The molecule has 2 aromatic carbocycles. The molecule has 0 saturated carbocycles. The Kier molecular flexibility index (Phi) is 3.47. The van der Waals surface area contributed by atoms with Crippen LogP contribution < -0.4 is 0 Å². The Morgan fingerprint density at radius 3 is 2.62 bits per heavy atom. The van der Waals surface area contributed by atoms with Gasteiger partial charge in [-0.2, -0.15) is 0 Å². The Bertz CT molecular complexity index is 508. The quantitative estimate of drug-likeness (QED) is 0.879. The number of aliphatic carboxylic acids is 1. The van der Waals surface area contributed by atoms with Crippen LogP contribution in [0.25, 0.3) is 10.8 Å². The SMILES string of the molecule is O=C(O)CSCc1ccc2ccccc2c1. The second-order valence-electron chi connectivity index (χ2n) is 3.57. The van der Waals surface area contributed by atoms with Crippen molar-refractivity contribution in [3.05, 3.63) is 48.0 Å². The first kappa shape index (κ1) is 11.0. The van der Waals surface area contributed by atoms with E-state index in [1.54, 1.807) is 0 Å².